The molecule has 2 N–H and O–H groups in total. The molecular formula is C15H26N2O2. The van der Waals surface area contributed by atoms with Crippen LogP contribution in [0.3, 0.4) is 0 Å². The van der Waals surface area contributed by atoms with Crippen molar-refractivity contribution in [1.29, 1.82) is 0 Å². The van der Waals surface area contributed by atoms with Crippen LogP contribution in [0.15, 0.2) is 0 Å². The second kappa shape index (κ2) is 5.51. The van der Waals surface area contributed by atoms with E-state index >= 15 is 0 Å². The summed E-state index contributed by atoms with van der Waals surface area (Å²) < 4.78 is 0. The van der Waals surface area contributed by atoms with E-state index in [-0.39, 0.29) is 29.2 Å². The molecule has 0 heterocycles. The fourth-order valence-electron chi connectivity index (χ4n) is 2.64. The average molecular weight is 266 g/mol. The number of nitrogens with one attached hydrogen (secondary N) is 2. The van der Waals surface area contributed by atoms with Gasteiger partial charge in [0.2, 0.25) is 11.8 Å². The van der Waals surface area contributed by atoms with E-state index < -0.39 is 0 Å². The first-order chi connectivity index (χ1) is 8.85. The summed E-state index contributed by atoms with van der Waals surface area (Å²) in [5.41, 5.74) is -0.169. The quantitative estimate of drug-likeness (QED) is 0.820. The molecule has 0 unspecified atom stereocenters. The van der Waals surface area contributed by atoms with Crippen molar-refractivity contribution in [3.63, 3.8) is 0 Å². The SMILES string of the molecule is CC(C)(C)NC(=O)C1CCC(C(=O)NC2CC2)CC1. The van der Waals surface area contributed by atoms with Crippen molar-refractivity contribution in [1.82, 2.24) is 10.6 Å². The van der Waals surface area contributed by atoms with Crippen molar-refractivity contribution in [2.45, 2.75) is 70.9 Å². The highest BCUT2D eigenvalue weighted by atomic mass is 16.2. The van der Waals surface area contributed by atoms with Gasteiger partial charge in [-0.25, -0.2) is 0 Å². The van der Waals surface area contributed by atoms with Crippen LogP contribution in [0.4, 0.5) is 0 Å². The Morgan fingerprint density at radius 2 is 1.32 bits per heavy atom. The zero-order valence-electron chi connectivity index (χ0n) is 12.3. The van der Waals surface area contributed by atoms with Gasteiger partial charge in [0.05, 0.1) is 0 Å². The number of hydrogen-bond donors (Lipinski definition) is 2. The molecule has 0 aromatic carbocycles. The molecule has 0 spiro atoms. The minimum Gasteiger partial charge on any atom is -0.353 e. The Kier molecular flexibility index (Phi) is 4.16. The normalized spacial score (nSPS) is 27.7. The highest BCUT2D eigenvalue weighted by Gasteiger charge is 2.33. The Morgan fingerprint density at radius 1 is 0.842 bits per heavy atom. The van der Waals surface area contributed by atoms with E-state index in [4.69, 9.17) is 0 Å². The second-order valence-corrected chi connectivity index (χ2v) is 7.07. The average Bonchev–Trinajstić information content (AvgIpc) is 3.11. The van der Waals surface area contributed by atoms with E-state index in [9.17, 15) is 9.59 Å². The van der Waals surface area contributed by atoms with Crippen molar-refractivity contribution in [3.05, 3.63) is 0 Å². The van der Waals surface area contributed by atoms with Gasteiger partial charge in [-0.1, -0.05) is 0 Å². The molecule has 0 radical (unpaired) electrons. The van der Waals surface area contributed by atoms with Gasteiger partial charge in [0.25, 0.3) is 0 Å². The van der Waals surface area contributed by atoms with Gasteiger partial charge in [0, 0.05) is 23.4 Å². The Labute approximate surface area is 115 Å². The largest absolute Gasteiger partial charge is 0.353 e. The number of hydrogen-bond acceptors (Lipinski definition) is 2. The molecule has 19 heavy (non-hydrogen) atoms. The van der Waals surface area contributed by atoms with Gasteiger partial charge in [-0.05, 0) is 59.3 Å². The molecule has 2 aliphatic rings. The first kappa shape index (κ1) is 14.4. The van der Waals surface area contributed by atoms with Gasteiger partial charge in [-0.15, -0.1) is 0 Å². The fourth-order valence-corrected chi connectivity index (χ4v) is 2.64. The predicted octanol–water partition coefficient (Wildman–Crippen LogP) is 1.99. The van der Waals surface area contributed by atoms with Gasteiger partial charge in [0.1, 0.15) is 0 Å². The number of rotatable bonds is 3. The van der Waals surface area contributed by atoms with E-state index in [2.05, 4.69) is 10.6 Å². The molecule has 2 saturated carbocycles. The number of carbonyl (C=O) groups excluding carboxylic acids is 2. The van der Waals surface area contributed by atoms with Crippen molar-refractivity contribution >= 4 is 11.8 Å². The lowest BCUT2D eigenvalue weighted by molar-refractivity contribution is -0.131. The molecule has 0 aromatic heterocycles. The maximum atomic E-state index is 12.1. The Hall–Kier alpha value is -1.06. The van der Waals surface area contributed by atoms with E-state index in [0.717, 1.165) is 38.5 Å². The summed E-state index contributed by atoms with van der Waals surface area (Å²) in [5.74, 6) is 0.564. The first-order valence-corrected chi connectivity index (χ1v) is 7.47. The van der Waals surface area contributed by atoms with Crippen molar-refractivity contribution in [2.75, 3.05) is 0 Å². The predicted molar refractivity (Wildman–Crippen MR) is 74.5 cm³/mol. The van der Waals surface area contributed by atoms with Crippen LogP contribution in [0.2, 0.25) is 0 Å². The Balaban J connectivity index is 1.75. The molecular weight excluding hydrogens is 240 g/mol. The highest BCUT2D eigenvalue weighted by molar-refractivity contribution is 5.81. The summed E-state index contributed by atoms with van der Waals surface area (Å²) in [6, 6.07) is 0.439. The van der Waals surface area contributed by atoms with Gasteiger partial charge >= 0.3 is 0 Å². The van der Waals surface area contributed by atoms with Crippen LogP contribution in [-0.2, 0) is 9.59 Å². The highest BCUT2D eigenvalue weighted by Crippen LogP contribution is 2.30. The smallest absolute Gasteiger partial charge is 0.223 e. The van der Waals surface area contributed by atoms with E-state index in [1.54, 1.807) is 0 Å². The molecule has 0 saturated heterocycles. The van der Waals surface area contributed by atoms with Crippen LogP contribution < -0.4 is 10.6 Å². The molecule has 2 amide bonds. The van der Waals surface area contributed by atoms with Crippen LogP contribution in [0.1, 0.15) is 59.3 Å². The minimum absolute atomic E-state index is 0.0872. The van der Waals surface area contributed by atoms with E-state index in [0.29, 0.717) is 6.04 Å². The summed E-state index contributed by atoms with van der Waals surface area (Å²) in [4.78, 5) is 24.0. The Morgan fingerprint density at radius 3 is 1.74 bits per heavy atom. The maximum absolute atomic E-state index is 12.1. The van der Waals surface area contributed by atoms with E-state index in [1.165, 1.54) is 0 Å². The summed E-state index contributed by atoms with van der Waals surface area (Å²) in [6.07, 6.45) is 5.64. The summed E-state index contributed by atoms with van der Waals surface area (Å²) in [7, 11) is 0. The zero-order chi connectivity index (χ0) is 14.0. The molecule has 2 aliphatic carbocycles. The van der Waals surface area contributed by atoms with Crippen LogP contribution in [0.5, 0.6) is 0 Å². The number of carbonyl (C=O) groups is 2. The summed E-state index contributed by atoms with van der Waals surface area (Å²) in [6.45, 7) is 6.00. The zero-order valence-corrected chi connectivity index (χ0v) is 12.3. The molecule has 0 aliphatic heterocycles. The van der Waals surface area contributed by atoms with Crippen LogP contribution in [0, 0.1) is 11.8 Å². The second-order valence-electron chi connectivity index (χ2n) is 7.07. The molecule has 0 aromatic rings. The number of amides is 2. The van der Waals surface area contributed by atoms with Gasteiger partial charge in [-0.3, -0.25) is 9.59 Å². The van der Waals surface area contributed by atoms with Crippen LogP contribution >= 0.6 is 0 Å². The maximum Gasteiger partial charge on any atom is 0.223 e. The molecule has 4 nitrogen and oxygen atoms in total. The summed E-state index contributed by atoms with van der Waals surface area (Å²) in [5, 5.41) is 6.10. The van der Waals surface area contributed by atoms with Crippen molar-refractivity contribution in [3.8, 4) is 0 Å². The molecule has 2 rings (SSSR count). The van der Waals surface area contributed by atoms with Crippen LogP contribution in [-0.4, -0.2) is 23.4 Å². The standard InChI is InChI=1S/C15H26N2O2/c1-15(2,3)17-14(19)11-6-4-10(5-7-11)13(18)16-12-8-9-12/h10-12H,4-9H2,1-3H3,(H,16,18)(H,17,19). The molecule has 108 valence electrons. The molecule has 0 bridgehead atoms. The molecule has 2 fully saturated rings. The summed E-state index contributed by atoms with van der Waals surface area (Å²) >= 11 is 0. The molecule has 0 atom stereocenters. The van der Waals surface area contributed by atoms with E-state index in [1.807, 2.05) is 20.8 Å². The Bertz CT molecular complexity index is 348. The molecule has 4 heteroatoms. The third-order valence-electron chi connectivity index (χ3n) is 3.89. The van der Waals surface area contributed by atoms with Crippen LogP contribution in [0.25, 0.3) is 0 Å². The van der Waals surface area contributed by atoms with Crippen molar-refractivity contribution < 1.29 is 9.59 Å². The lowest BCUT2D eigenvalue weighted by Crippen LogP contribution is -2.45. The van der Waals surface area contributed by atoms with Crippen molar-refractivity contribution in [2.24, 2.45) is 11.8 Å². The third kappa shape index (κ3) is 4.51. The fraction of sp³-hybridized carbons (Fsp3) is 0.867. The lowest BCUT2D eigenvalue weighted by atomic mass is 9.81. The monoisotopic (exact) mass is 266 g/mol. The van der Waals surface area contributed by atoms with Gasteiger partial charge in [-0.2, -0.15) is 0 Å². The lowest BCUT2D eigenvalue weighted by Gasteiger charge is -2.30. The minimum atomic E-state index is -0.169. The van der Waals surface area contributed by atoms with Gasteiger partial charge in [0.15, 0.2) is 0 Å². The topological polar surface area (TPSA) is 58.2 Å². The first-order valence-electron chi connectivity index (χ1n) is 7.47. The third-order valence-corrected chi connectivity index (χ3v) is 3.89. The van der Waals surface area contributed by atoms with Gasteiger partial charge < -0.3 is 10.6 Å².